The molecule has 1 unspecified atom stereocenters. The van der Waals surface area contributed by atoms with Crippen molar-refractivity contribution in [3.8, 4) is 0 Å². The van der Waals surface area contributed by atoms with Crippen LogP contribution in [0.5, 0.6) is 0 Å². The van der Waals surface area contributed by atoms with Gasteiger partial charge in [0.1, 0.15) is 5.82 Å². The van der Waals surface area contributed by atoms with Crippen LogP contribution in [-0.2, 0) is 4.74 Å². The Labute approximate surface area is 168 Å². The summed E-state index contributed by atoms with van der Waals surface area (Å²) in [6.45, 7) is 4.10. The first-order chi connectivity index (χ1) is 14.1. The smallest absolute Gasteiger partial charge is 0.319 e. The number of fused-ring (bicyclic) bond motifs is 1. The molecule has 0 aliphatic carbocycles. The van der Waals surface area contributed by atoms with Crippen molar-refractivity contribution in [2.75, 3.05) is 31.6 Å². The predicted molar refractivity (Wildman–Crippen MR) is 110 cm³/mol. The average molecular weight is 393 g/mol. The van der Waals surface area contributed by atoms with Gasteiger partial charge in [-0.2, -0.15) is 0 Å². The molecule has 1 fully saturated rings. The highest BCUT2D eigenvalue weighted by molar-refractivity contribution is 5.97. The SMILES string of the molecule is CC(NC(=O)Nc1cccc(C(=O)N2CCOCC2)c1)c1nc2ccccc2[nH]1. The topological polar surface area (TPSA) is 99.3 Å². The Balaban J connectivity index is 1.39. The second-order valence-corrected chi connectivity index (χ2v) is 6.94. The molecule has 1 saturated heterocycles. The molecule has 3 amide bonds. The Kier molecular flexibility index (Phi) is 5.44. The van der Waals surface area contributed by atoms with E-state index in [9.17, 15) is 9.59 Å². The standard InChI is InChI=1S/C21H23N5O3/c1-14(19-24-17-7-2-3-8-18(17)25-19)22-21(28)23-16-6-4-5-15(13-16)20(27)26-9-11-29-12-10-26/h2-8,13-14H,9-12H2,1H3,(H,24,25)(H2,22,23,28). The number of nitrogens with zero attached hydrogens (tertiary/aromatic N) is 2. The lowest BCUT2D eigenvalue weighted by Crippen LogP contribution is -2.40. The van der Waals surface area contributed by atoms with E-state index in [4.69, 9.17) is 4.74 Å². The van der Waals surface area contributed by atoms with Gasteiger partial charge in [0, 0.05) is 24.3 Å². The highest BCUT2D eigenvalue weighted by atomic mass is 16.5. The Bertz CT molecular complexity index is 993. The second kappa shape index (κ2) is 8.32. The number of para-hydroxylation sites is 2. The zero-order chi connectivity index (χ0) is 20.2. The normalized spacial score (nSPS) is 15.1. The minimum Gasteiger partial charge on any atom is -0.378 e. The first kappa shape index (κ1) is 18.9. The molecule has 0 saturated carbocycles. The molecule has 150 valence electrons. The van der Waals surface area contributed by atoms with Gasteiger partial charge in [0.2, 0.25) is 0 Å². The van der Waals surface area contributed by atoms with Crippen molar-refractivity contribution in [1.29, 1.82) is 0 Å². The molecule has 0 bridgehead atoms. The second-order valence-electron chi connectivity index (χ2n) is 6.94. The molecule has 8 heteroatoms. The lowest BCUT2D eigenvalue weighted by molar-refractivity contribution is 0.0303. The van der Waals surface area contributed by atoms with Gasteiger partial charge in [0.25, 0.3) is 5.91 Å². The summed E-state index contributed by atoms with van der Waals surface area (Å²) in [6, 6.07) is 14.0. The maximum absolute atomic E-state index is 12.6. The van der Waals surface area contributed by atoms with Crippen molar-refractivity contribution in [1.82, 2.24) is 20.2 Å². The quantitative estimate of drug-likeness (QED) is 0.635. The third-order valence-corrected chi connectivity index (χ3v) is 4.83. The van der Waals surface area contributed by atoms with Gasteiger partial charge in [-0.1, -0.05) is 18.2 Å². The predicted octanol–water partition coefficient (Wildman–Crippen LogP) is 2.92. The number of hydrogen-bond acceptors (Lipinski definition) is 4. The Morgan fingerprint density at radius 2 is 1.93 bits per heavy atom. The molecule has 1 aromatic heterocycles. The van der Waals surface area contributed by atoms with Crippen molar-refractivity contribution in [3.63, 3.8) is 0 Å². The van der Waals surface area contributed by atoms with Gasteiger partial charge < -0.3 is 25.3 Å². The van der Waals surface area contributed by atoms with Crippen molar-refractivity contribution < 1.29 is 14.3 Å². The van der Waals surface area contributed by atoms with Crippen LogP contribution in [0, 0.1) is 0 Å². The van der Waals surface area contributed by atoms with Crippen LogP contribution in [0.15, 0.2) is 48.5 Å². The van der Waals surface area contributed by atoms with E-state index < -0.39 is 0 Å². The summed E-state index contributed by atoms with van der Waals surface area (Å²) in [7, 11) is 0. The number of ether oxygens (including phenoxy) is 1. The highest BCUT2D eigenvalue weighted by Gasteiger charge is 2.19. The number of anilines is 1. The van der Waals surface area contributed by atoms with E-state index in [0.717, 1.165) is 11.0 Å². The fourth-order valence-corrected chi connectivity index (χ4v) is 3.29. The minimum atomic E-state index is -0.367. The number of urea groups is 1. The van der Waals surface area contributed by atoms with Gasteiger partial charge in [0.15, 0.2) is 0 Å². The van der Waals surface area contributed by atoms with E-state index in [1.807, 2.05) is 31.2 Å². The summed E-state index contributed by atoms with van der Waals surface area (Å²) in [5.41, 5.74) is 2.87. The molecule has 0 spiro atoms. The zero-order valence-electron chi connectivity index (χ0n) is 16.1. The fraction of sp³-hybridized carbons (Fsp3) is 0.286. The van der Waals surface area contributed by atoms with Crippen LogP contribution in [0.3, 0.4) is 0 Å². The van der Waals surface area contributed by atoms with E-state index in [-0.39, 0.29) is 18.0 Å². The summed E-state index contributed by atoms with van der Waals surface area (Å²) in [5, 5.41) is 5.65. The fourth-order valence-electron chi connectivity index (χ4n) is 3.29. The summed E-state index contributed by atoms with van der Waals surface area (Å²) in [6.07, 6.45) is 0. The number of amides is 3. The van der Waals surface area contributed by atoms with Crippen LogP contribution in [0.1, 0.15) is 29.1 Å². The maximum Gasteiger partial charge on any atom is 0.319 e. The van der Waals surface area contributed by atoms with E-state index in [2.05, 4.69) is 20.6 Å². The Morgan fingerprint density at radius 1 is 1.14 bits per heavy atom. The number of hydrogen-bond donors (Lipinski definition) is 3. The molecule has 1 aliphatic rings. The zero-order valence-corrected chi connectivity index (χ0v) is 16.1. The van der Waals surface area contributed by atoms with Crippen LogP contribution < -0.4 is 10.6 Å². The average Bonchev–Trinajstić information content (AvgIpc) is 3.18. The van der Waals surface area contributed by atoms with Gasteiger partial charge >= 0.3 is 6.03 Å². The number of rotatable bonds is 4. The number of morpholine rings is 1. The molecule has 1 atom stereocenters. The van der Waals surface area contributed by atoms with Crippen molar-refractivity contribution in [3.05, 3.63) is 59.9 Å². The lowest BCUT2D eigenvalue weighted by atomic mass is 10.1. The number of aromatic amines is 1. The molecule has 29 heavy (non-hydrogen) atoms. The van der Waals surface area contributed by atoms with Crippen molar-refractivity contribution >= 4 is 28.7 Å². The van der Waals surface area contributed by atoms with E-state index in [0.29, 0.717) is 43.4 Å². The summed E-state index contributed by atoms with van der Waals surface area (Å²) in [4.78, 5) is 34.5. The van der Waals surface area contributed by atoms with Gasteiger partial charge in [-0.05, 0) is 37.3 Å². The van der Waals surface area contributed by atoms with Crippen LogP contribution in [0.4, 0.5) is 10.5 Å². The molecule has 4 rings (SSSR count). The van der Waals surface area contributed by atoms with E-state index >= 15 is 0 Å². The summed E-state index contributed by atoms with van der Waals surface area (Å²) < 4.78 is 5.29. The van der Waals surface area contributed by atoms with Crippen molar-refractivity contribution in [2.45, 2.75) is 13.0 Å². The third kappa shape index (κ3) is 4.38. The molecule has 2 aromatic carbocycles. The van der Waals surface area contributed by atoms with Crippen molar-refractivity contribution in [2.24, 2.45) is 0 Å². The van der Waals surface area contributed by atoms with Crippen LogP contribution in [-0.4, -0.2) is 53.1 Å². The number of nitrogens with one attached hydrogen (secondary N) is 3. The molecule has 3 N–H and O–H groups in total. The van der Waals surface area contributed by atoms with Gasteiger partial charge in [-0.15, -0.1) is 0 Å². The van der Waals surface area contributed by atoms with Gasteiger partial charge in [0.05, 0.1) is 30.3 Å². The van der Waals surface area contributed by atoms with E-state index in [1.165, 1.54) is 0 Å². The number of benzene rings is 2. The number of H-pyrrole nitrogens is 1. The Morgan fingerprint density at radius 3 is 2.72 bits per heavy atom. The van der Waals surface area contributed by atoms with Crippen LogP contribution in [0.25, 0.3) is 11.0 Å². The monoisotopic (exact) mass is 393 g/mol. The maximum atomic E-state index is 12.6. The number of imidazole rings is 1. The Hall–Kier alpha value is -3.39. The minimum absolute atomic E-state index is 0.0620. The van der Waals surface area contributed by atoms with Crippen LogP contribution >= 0.6 is 0 Å². The summed E-state index contributed by atoms with van der Waals surface area (Å²) in [5.74, 6) is 0.616. The number of aromatic nitrogens is 2. The molecule has 1 aliphatic heterocycles. The third-order valence-electron chi connectivity index (χ3n) is 4.83. The molecule has 2 heterocycles. The van der Waals surface area contributed by atoms with E-state index in [1.54, 1.807) is 29.2 Å². The lowest BCUT2D eigenvalue weighted by Gasteiger charge is -2.27. The van der Waals surface area contributed by atoms with Crippen LogP contribution in [0.2, 0.25) is 0 Å². The first-order valence-electron chi connectivity index (χ1n) is 9.59. The largest absolute Gasteiger partial charge is 0.378 e. The molecule has 0 radical (unpaired) electrons. The molecule has 8 nitrogen and oxygen atoms in total. The molecular weight excluding hydrogens is 370 g/mol. The molecular formula is C21H23N5O3. The summed E-state index contributed by atoms with van der Waals surface area (Å²) >= 11 is 0. The highest BCUT2D eigenvalue weighted by Crippen LogP contribution is 2.17. The molecule has 3 aromatic rings. The number of carbonyl (C=O) groups is 2. The van der Waals surface area contributed by atoms with Gasteiger partial charge in [-0.3, -0.25) is 4.79 Å². The first-order valence-corrected chi connectivity index (χ1v) is 9.59. The number of carbonyl (C=O) groups excluding carboxylic acids is 2. The van der Waals surface area contributed by atoms with Gasteiger partial charge in [-0.25, -0.2) is 9.78 Å².